The standard InChI is InChI=1S/C14H21Cl/c1-2-3-4-5-6-8-11-14(15)12-9-7-10-13-14/h2,7,9-10,12H,1,3-6,8,11,13H2. The summed E-state index contributed by atoms with van der Waals surface area (Å²) in [7, 11) is 0. The molecule has 0 aliphatic heterocycles. The Labute approximate surface area is 98.7 Å². The lowest BCUT2D eigenvalue weighted by atomic mass is 9.93. The molecule has 1 unspecified atom stereocenters. The Bertz CT molecular complexity index is 240. The molecular weight excluding hydrogens is 204 g/mol. The fourth-order valence-electron chi connectivity index (χ4n) is 1.89. The van der Waals surface area contributed by atoms with Crippen LogP contribution in [0.1, 0.15) is 44.9 Å². The average Bonchev–Trinajstić information content (AvgIpc) is 2.24. The second-order valence-electron chi connectivity index (χ2n) is 4.27. The molecule has 0 saturated carbocycles. The highest BCUT2D eigenvalue weighted by molar-refractivity contribution is 6.25. The summed E-state index contributed by atoms with van der Waals surface area (Å²) in [5.74, 6) is 0. The number of allylic oxidation sites excluding steroid dienone is 5. The minimum atomic E-state index is -0.0901. The molecule has 0 radical (unpaired) electrons. The molecule has 0 amide bonds. The Hall–Kier alpha value is -0.490. The van der Waals surface area contributed by atoms with Crippen molar-refractivity contribution in [2.45, 2.75) is 49.8 Å². The molecule has 0 heterocycles. The summed E-state index contributed by atoms with van der Waals surface area (Å²) in [6.07, 6.45) is 18.8. The summed E-state index contributed by atoms with van der Waals surface area (Å²) in [6, 6.07) is 0. The molecule has 0 aromatic rings. The van der Waals surface area contributed by atoms with E-state index in [1.807, 2.05) is 6.08 Å². The molecule has 0 N–H and O–H groups in total. The minimum absolute atomic E-state index is 0.0901. The monoisotopic (exact) mass is 224 g/mol. The van der Waals surface area contributed by atoms with Gasteiger partial charge in [0.15, 0.2) is 0 Å². The van der Waals surface area contributed by atoms with Crippen LogP contribution in [0.4, 0.5) is 0 Å². The van der Waals surface area contributed by atoms with Gasteiger partial charge in [0, 0.05) is 0 Å². The first-order chi connectivity index (χ1) is 7.27. The third-order valence-corrected chi connectivity index (χ3v) is 3.32. The van der Waals surface area contributed by atoms with E-state index in [0.29, 0.717) is 0 Å². The van der Waals surface area contributed by atoms with E-state index in [1.165, 1.54) is 25.7 Å². The highest BCUT2D eigenvalue weighted by Gasteiger charge is 2.22. The van der Waals surface area contributed by atoms with Crippen LogP contribution in [0, 0.1) is 0 Å². The van der Waals surface area contributed by atoms with Crippen LogP contribution in [0.5, 0.6) is 0 Å². The summed E-state index contributed by atoms with van der Waals surface area (Å²) in [6.45, 7) is 3.73. The van der Waals surface area contributed by atoms with E-state index in [-0.39, 0.29) is 4.87 Å². The molecular formula is C14H21Cl. The molecule has 1 rings (SSSR count). The van der Waals surface area contributed by atoms with E-state index >= 15 is 0 Å². The summed E-state index contributed by atoms with van der Waals surface area (Å²) in [4.78, 5) is -0.0901. The van der Waals surface area contributed by atoms with Crippen LogP contribution in [0.25, 0.3) is 0 Å². The van der Waals surface area contributed by atoms with Crippen molar-refractivity contribution in [3.8, 4) is 0 Å². The number of unbranched alkanes of at least 4 members (excludes halogenated alkanes) is 4. The quantitative estimate of drug-likeness (QED) is 0.324. The number of alkyl halides is 1. The van der Waals surface area contributed by atoms with Gasteiger partial charge in [0.25, 0.3) is 0 Å². The van der Waals surface area contributed by atoms with E-state index in [0.717, 1.165) is 19.3 Å². The van der Waals surface area contributed by atoms with Crippen molar-refractivity contribution in [1.29, 1.82) is 0 Å². The van der Waals surface area contributed by atoms with E-state index < -0.39 is 0 Å². The van der Waals surface area contributed by atoms with Crippen molar-refractivity contribution >= 4 is 11.6 Å². The minimum Gasteiger partial charge on any atom is -0.114 e. The van der Waals surface area contributed by atoms with Crippen molar-refractivity contribution in [2.24, 2.45) is 0 Å². The maximum Gasteiger partial charge on any atom is 0.0663 e. The lowest BCUT2D eigenvalue weighted by Crippen LogP contribution is -2.18. The van der Waals surface area contributed by atoms with Crippen molar-refractivity contribution in [2.75, 3.05) is 0 Å². The maximum atomic E-state index is 6.46. The first kappa shape index (κ1) is 12.6. The molecule has 1 aliphatic carbocycles. The Balaban J connectivity index is 2.06. The van der Waals surface area contributed by atoms with Gasteiger partial charge in [-0.3, -0.25) is 0 Å². The van der Waals surface area contributed by atoms with Crippen molar-refractivity contribution in [3.05, 3.63) is 37.0 Å². The molecule has 0 spiro atoms. The highest BCUT2D eigenvalue weighted by Crippen LogP contribution is 2.31. The van der Waals surface area contributed by atoms with Gasteiger partial charge in [0.1, 0.15) is 0 Å². The first-order valence-electron chi connectivity index (χ1n) is 5.91. The zero-order valence-electron chi connectivity index (χ0n) is 9.42. The van der Waals surface area contributed by atoms with Crippen molar-refractivity contribution in [3.63, 3.8) is 0 Å². The molecule has 0 aromatic heterocycles. The molecule has 1 aliphatic rings. The predicted octanol–water partition coefficient (Wildman–Crippen LogP) is 5.01. The van der Waals surface area contributed by atoms with Gasteiger partial charge in [-0.15, -0.1) is 18.2 Å². The highest BCUT2D eigenvalue weighted by atomic mass is 35.5. The molecule has 0 bridgehead atoms. The second-order valence-corrected chi connectivity index (χ2v) is 5.02. The van der Waals surface area contributed by atoms with Crippen LogP contribution in [0.2, 0.25) is 0 Å². The van der Waals surface area contributed by atoms with Gasteiger partial charge in [-0.05, 0) is 25.7 Å². The molecule has 15 heavy (non-hydrogen) atoms. The van der Waals surface area contributed by atoms with Crippen molar-refractivity contribution < 1.29 is 0 Å². The van der Waals surface area contributed by atoms with Crippen LogP contribution < -0.4 is 0 Å². The zero-order valence-corrected chi connectivity index (χ0v) is 10.2. The van der Waals surface area contributed by atoms with E-state index in [1.54, 1.807) is 0 Å². The molecule has 0 nitrogen and oxygen atoms in total. The van der Waals surface area contributed by atoms with Crippen LogP contribution in [0.3, 0.4) is 0 Å². The molecule has 84 valence electrons. The molecule has 0 fully saturated rings. The maximum absolute atomic E-state index is 6.46. The third-order valence-electron chi connectivity index (χ3n) is 2.85. The summed E-state index contributed by atoms with van der Waals surface area (Å²) >= 11 is 6.46. The van der Waals surface area contributed by atoms with Crippen LogP contribution in [-0.4, -0.2) is 4.87 Å². The average molecular weight is 225 g/mol. The van der Waals surface area contributed by atoms with Gasteiger partial charge in [0.05, 0.1) is 4.87 Å². The molecule has 1 heteroatoms. The fourth-order valence-corrected chi connectivity index (χ4v) is 2.18. The zero-order chi connectivity index (χ0) is 11.0. The van der Waals surface area contributed by atoms with Crippen molar-refractivity contribution in [1.82, 2.24) is 0 Å². The Kier molecular flexibility index (Phi) is 5.78. The second kappa shape index (κ2) is 6.90. The first-order valence-corrected chi connectivity index (χ1v) is 6.29. The molecule has 0 aromatic carbocycles. The van der Waals surface area contributed by atoms with Gasteiger partial charge in [0.2, 0.25) is 0 Å². The van der Waals surface area contributed by atoms with Gasteiger partial charge >= 0.3 is 0 Å². The Morgan fingerprint density at radius 2 is 2.00 bits per heavy atom. The summed E-state index contributed by atoms with van der Waals surface area (Å²) in [5.41, 5.74) is 0. The number of rotatable bonds is 7. The fraction of sp³-hybridized carbons (Fsp3) is 0.571. The van der Waals surface area contributed by atoms with Crippen LogP contribution in [-0.2, 0) is 0 Å². The lowest BCUT2D eigenvalue weighted by Gasteiger charge is -2.23. The normalized spacial score (nSPS) is 24.3. The summed E-state index contributed by atoms with van der Waals surface area (Å²) < 4.78 is 0. The SMILES string of the molecule is C=CCCCCCCC1(Cl)C=CC=CC1. The smallest absolute Gasteiger partial charge is 0.0663 e. The van der Waals surface area contributed by atoms with Gasteiger partial charge in [-0.2, -0.15) is 0 Å². The molecule has 0 saturated heterocycles. The van der Waals surface area contributed by atoms with Crippen LogP contribution in [0.15, 0.2) is 37.0 Å². The predicted molar refractivity (Wildman–Crippen MR) is 69.4 cm³/mol. The number of halogens is 1. The third kappa shape index (κ3) is 5.22. The topological polar surface area (TPSA) is 0 Å². The molecule has 1 atom stereocenters. The lowest BCUT2D eigenvalue weighted by molar-refractivity contribution is 0.551. The number of hydrogen-bond donors (Lipinski definition) is 0. The van der Waals surface area contributed by atoms with E-state index in [9.17, 15) is 0 Å². The largest absolute Gasteiger partial charge is 0.114 e. The van der Waals surface area contributed by atoms with Gasteiger partial charge < -0.3 is 0 Å². The van der Waals surface area contributed by atoms with Crippen LogP contribution >= 0.6 is 11.6 Å². The van der Waals surface area contributed by atoms with E-state index in [2.05, 4.69) is 30.9 Å². The summed E-state index contributed by atoms with van der Waals surface area (Å²) in [5, 5.41) is 0. The van der Waals surface area contributed by atoms with Gasteiger partial charge in [-0.1, -0.05) is 49.6 Å². The number of hydrogen-bond acceptors (Lipinski definition) is 0. The van der Waals surface area contributed by atoms with E-state index in [4.69, 9.17) is 11.6 Å². The Morgan fingerprint density at radius 1 is 1.20 bits per heavy atom. The van der Waals surface area contributed by atoms with Gasteiger partial charge in [-0.25, -0.2) is 0 Å². The Morgan fingerprint density at radius 3 is 2.67 bits per heavy atom.